The van der Waals surface area contributed by atoms with Crippen LogP contribution in [0.2, 0.25) is 0 Å². The van der Waals surface area contributed by atoms with Gasteiger partial charge in [-0.2, -0.15) is 0 Å². The van der Waals surface area contributed by atoms with E-state index >= 15 is 0 Å². The van der Waals surface area contributed by atoms with Crippen LogP contribution in [0.4, 0.5) is 0 Å². The normalized spacial score (nSPS) is 12.0. The molecule has 0 atom stereocenters. The summed E-state index contributed by atoms with van der Waals surface area (Å²) >= 11 is 0. The highest BCUT2D eigenvalue weighted by molar-refractivity contribution is 7.93. The first-order valence-corrected chi connectivity index (χ1v) is 8.41. The van der Waals surface area contributed by atoms with E-state index in [0.717, 1.165) is 10.8 Å². The second kappa shape index (κ2) is 5.49. The molecular weight excluding hydrogens is 272 g/mol. The SMILES string of the molecule is C=CS(=O)(=O)Cc1[c]ccc(CS(=O)(=O)C=C)c1. The summed E-state index contributed by atoms with van der Waals surface area (Å²) in [6.07, 6.45) is 0. The van der Waals surface area contributed by atoms with Crippen LogP contribution in [0.5, 0.6) is 0 Å². The van der Waals surface area contributed by atoms with Crippen LogP contribution in [0, 0.1) is 6.07 Å². The summed E-state index contributed by atoms with van der Waals surface area (Å²) < 4.78 is 45.4. The van der Waals surface area contributed by atoms with Gasteiger partial charge in [-0.05, 0) is 17.2 Å². The van der Waals surface area contributed by atoms with Crippen LogP contribution in [0.25, 0.3) is 0 Å². The largest absolute Gasteiger partial charge is 0.224 e. The molecule has 1 aromatic rings. The molecule has 0 saturated heterocycles. The van der Waals surface area contributed by atoms with Crippen LogP contribution in [0.15, 0.2) is 42.2 Å². The van der Waals surface area contributed by atoms with Gasteiger partial charge in [0.25, 0.3) is 0 Å². The van der Waals surface area contributed by atoms with Crippen LogP contribution in [0.3, 0.4) is 0 Å². The predicted octanol–water partition coefficient (Wildman–Crippen LogP) is 1.60. The summed E-state index contributed by atoms with van der Waals surface area (Å²) in [7, 11) is -6.73. The molecule has 0 amide bonds. The Bertz CT molecular complexity index is 600. The molecule has 0 bridgehead atoms. The molecular formula is C12H13O4S2. The Hall–Kier alpha value is -1.40. The van der Waals surface area contributed by atoms with Gasteiger partial charge in [0.1, 0.15) is 0 Å². The van der Waals surface area contributed by atoms with Crippen LogP contribution >= 0.6 is 0 Å². The Labute approximate surface area is 107 Å². The smallest absolute Gasteiger partial charge is 0.175 e. The summed E-state index contributed by atoms with van der Waals surface area (Å²) in [6.45, 7) is 6.43. The Balaban J connectivity index is 3.00. The summed E-state index contributed by atoms with van der Waals surface area (Å²) in [4.78, 5) is 0. The minimum Gasteiger partial charge on any atom is -0.224 e. The van der Waals surface area contributed by atoms with E-state index in [1.807, 2.05) is 0 Å². The molecule has 0 saturated carbocycles. The molecule has 0 aliphatic heterocycles. The number of hydrogen-bond donors (Lipinski definition) is 0. The summed E-state index contributed by atoms with van der Waals surface area (Å²) in [5, 5.41) is 1.75. The lowest BCUT2D eigenvalue weighted by Crippen LogP contribution is -2.03. The van der Waals surface area contributed by atoms with Crippen LogP contribution in [-0.2, 0) is 31.2 Å². The molecule has 1 radical (unpaired) electrons. The van der Waals surface area contributed by atoms with E-state index in [9.17, 15) is 16.8 Å². The lowest BCUT2D eigenvalue weighted by atomic mass is 10.2. The topological polar surface area (TPSA) is 68.3 Å². The fourth-order valence-electron chi connectivity index (χ4n) is 1.31. The zero-order valence-electron chi connectivity index (χ0n) is 9.66. The molecule has 4 nitrogen and oxygen atoms in total. The zero-order chi connectivity index (χ0) is 13.8. The van der Waals surface area contributed by atoms with E-state index < -0.39 is 19.7 Å². The molecule has 0 fully saturated rings. The monoisotopic (exact) mass is 285 g/mol. The van der Waals surface area contributed by atoms with Crippen LogP contribution in [0.1, 0.15) is 11.1 Å². The van der Waals surface area contributed by atoms with Crippen molar-refractivity contribution in [3.05, 3.63) is 59.4 Å². The van der Waals surface area contributed by atoms with Gasteiger partial charge in [-0.15, -0.1) is 0 Å². The fourth-order valence-corrected chi connectivity index (χ4v) is 2.79. The Morgan fingerprint density at radius 3 is 2.17 bits per heavy atom. The van der Waals surface area contributed by atoms with Crippen molar-refractivity contribution in [3.8, 4) is 0 Å². The van der Waals surface area contributed by atoms with Gasteiger partial charge >= 0.3 is 0 Å². The molecule has 6 heteroatoms. The first-order valence-electron chi connectivity index (χ1n) is 4.98. The number of hydrogen-bond acceptors (Lipinski definition) is 4. The first kappa shape index (κ1) is 14.7. The molecule has 0 heterocycles. The predicted molar refractivity (Wildman–Crippen MR) is 70.9 cm³/mol. The molecule has 0 spiro atoms. The summed E-state index contributed by atoms with van der Waals surface area (Å²) in [5.41, 5.74) is 0.912. The van der Waals surface area contributed by atoms with Crippen LogP contribution < -0.4 is 0 Å². The third-order valence-electron chi connectivity index (χ3n) is 2.16. The molecule has 0 aliphatic rings. The quantitative estimate of drug-likeness (QED) is 0.796. The number of rotatable bonds is 6. The van der Waals surface area contributed by atoms with Crippen molar-refractivity contribution in [1.29, 1.82) is 0 Å². The van der Waals surface area contributed by atoms with E-state index in [1.54, 1.807) is 6.07 Å². The van der Waals surface area contributed by atoms with Crippen molar-refractivity contribution in [2.24, 2.45) is 0 Å². The maximum atomic E-state index is 11.4. The summed E-state index contributed by atoms with van der Waals surface area (Å²) in [5.74, 6) is -0.440. The lowest BCUT2D eigenvalue weighted by Gasteiger charge is -2.03. The Morgan fingerprint density at radius 1 is 1.06 bits per heavy atom. The van der Waals surface area contributed by atoms with Gasteiger partial charge < -0.3 is 0 Å². The van der Waals surface area contributed by atoms with Crippen molar-refractivity contribution >= 4 is 19.7 Å². The van der Waals surface area contributed by atoms with Gasteiger partial charge in [-0.25, -0.2) is 16.8 Å². The van der Waals surface area contributed by atoms with Crippen molar-refractivity contribution in [2.75, 3.05) is 0 Å². The lowest BCUT2D eigenvalue weighted by molar-refractivity contribution is 0.603. The zero-order valence-corrected chi connectivity index (χ0v) is 11.3. The highest BCUT2D eigenvalue weighted by Gasteiger charge is 2.10. The highest BCUT2D eigenvalue weighted by atomic mass is 32.2. The van der Waals surface area contributed by atoms with E-state index in [-0.39, 0.29) is 11.5 Å². The minimum absolute atomic E-state index is 0.202. The van der Waals surface area contributed by atoms with Gasteiger partial charge in [0.15, 0.2) is 19.7 Å². The van der Waals surface area contributed by atoms with Gasteiger partial charge in [-0.3, -0.25) is 0 Å². The number of sulfone groups is 2. The molecule has 1 aromatic carbocycles. The van der Waals surface area contributed by atoms with Gasteiger partial charge in [0, 0.05) is 10.8 Å². The fraction of sp³-hybridized carbons (Fsp3) is 0.167. The molecule has 0 unspecified atom stereocenters. The van der Waals surface area contributed by atoms with Gasteiger partial charge in [0.05, 0.1) is 11.5 Å². The second-order valence-electron chi connectivity index (χ2n) is 3.67. The molecule has 0 N–H and O–H groups in total. The van der Waals surface area contributed by atoms with E-state index in [2.05, 4.69) is 19.2 Å². The molecule has 18 heavy (non-hydrogen) atoms. The van der Waals surface area contributed by atoms with Crippen molar-refractivity contribution < 1.29 is 16.8 Å². The van der Waals surface area contributed by atoms with Gasteiger partial charge in [0.2, 0.25) is 0 Å². The van der Waals surface area contributed by atoms with Gasteiger partial charge in [-0.1, -0.05) is 31.4 Å². The summed E-state index contributed by atoms with van der Waals surface area (Å²) in [6, 6.07) is 7.33. The number of benzene rings is 1. The van der Waals surface area contributed by atoms with E-state index in [1.165, 1.54) is 12.1 Å². The van der Waals surface area contributed by atoms with Crippen LogP contribution in [-0.4, -0.2) is 16.8 Å². The van der Waals surface area contributed by atoms with Crippen molar-refractivity contribution in [2.45, 2.75) is 11.5 Å². The average Bonchev–Trinajstić information content (AvgIpc) is 2.28. The first-order chi connectivity index (χ1) is 8.28. The molecule has 0 aromatic heterocycles. The average molecular weight is 285 g/mol. The second-order valence-corrected chi connectivity index (χ2v) is 7.57. The maximum Gasteiger partial charge on any atom is 0.175 e. The van der Waals surface area contributed by atoms with E-state index in [0.29, 0.717) is 11.1 Å². The molecule has 1 rings (SSSR count). The van der Waals surface area contributed by atoms with E-state index in [4.69, 9.17) is 0 Å². The standard InChI is InChI=1S/C12H13O4S2/c1-3-17(13,14)9-11-6-5-7-12(8-11)10-18(15,16)4-2/h3-6,8H,1-2,9-10H2. The molecule has 0 aliphatic carbocycles. The Kier molecular flexibility index (Phi) is 4.48. The van der Waals surface area contributed by atoms with Crippen molar-refractivity contribution in [1.82, 2.24) is 0 Å². The Morgan fingerprint density at radius 2 is 1.61 bits per heavy atom. The third-order valence-corrected chi connectivity index (χ3v) is 4.62. The highest BCUT2D eigenvalue weighted by Crippen LogP contribution is 2.12. The minimum atomic E-state index is -3.38. The molecule has 97 valence electrons. The third kappa shape index (κ3) is 4.46. The van der Waals surface area contributed by atoms with Crippen molar-refractivity contribution in [3.63, 3.8) is 0 Å². The maximum absolute atomic E-state index is 11.4.